The van der Waals surface area contributed by atoms with E-state index in [1.165, 1.54) is 11.3 Å². The third-order valence-corrected chi connectivity index (χ3v) is 5.27. The van der Waals surface area contributed by atoms with Crippen molar-refractivity contribution >= 4 is 44.2 Å². The number of thiazole rings is 1. The van der Waals surface area contributed by atoms with Crippen molar-refractivity contribution in [3.63, 3.8) is 0 Å². The number of methoxy groups -OCH3 is 1. The van der Waals surface area contributed by atoms with Crippen molar-refractivity contribution in [2.45, 2.75) is 33.2 Å². The molecule has 2 heterocycles. The predicted octanol–water partition coefficient (Wildman–Crippen LogP) is 3.55. The summed E-state index contributed by atoms with van der Waals surface area (Å²) in [7, 11) is 1.55. The van der Waals surface area contributed by atoms with E-state index in [1.807, 2.05) is 13.0 Å². The summed E-state index contributed by atoms with van der Waals surface area (Å²) in [6.45, 7) is 4.08. The fourth-order valence-corrected chi connectivity index (χ4v) is 3.89. The minimum Gasteiger partial charge on any atom is -0.495 e. The van der Waals surface area contributed by atoms with E-state index in [1.54, 1.807) is 30.7 Å². The first-order chi connectivity index (χ1) is 12.9. The maximum atomic E-state index is 12.2. The number of fused-ring (bicyclic) bond motifs is 1. The Morgan fingerprint density at radius 3 is 2.78 bits per heavy atom. The Bertz CT molecular complexity index is 1060. The molecule has 0 unspecified atom stereocenters. The molecule has 1 amide bonds. The summed E-state index contributed by atoms with van der Waals surface area (Å²) in [5, 5.41) is 3.77. The molecular formula is C18H19ClN4O3S. The zero-order valence-corrected chi connectivity index (χ0v) is 16.8. The third kappa shape index (κ3) is 4.45. The highest BCUT2D eigenvalue weighted by Gasteiger charge is 2.11. The molecule has 0 saturated heterocycles. The minimum atomic E-state index is -0.287. The topological polar surface area (TPSA) is 86.1 Å². The van der Waals surface area contributed by atoms with Crippen LogP contribution in [0.2, 0.25) is 5.02 Å². The summed E-state index contributed by atoms with van der Waals surface area (Å²) in [4.78, 5) is 32.4. The largest absolute Gasteiger partial charge is 0.495 e. The van der Waals surface area contributed by atoms with Crippen LogP contribution < -0.4 is 15.7 Å². The number of aryl methyl sites for hydroxylation is 2. The number of anilines is 1. The van der Waals surface area contributed by atoms with Gasteiger partial charge in [0.05, 0.1) is 22.3 Å². The van der Waals surface area contributed by atoms with Crippen LogP contribution in [0.4, 0.5) is 5.13 Å². The van der Waals surface area contributed by atoms with Crippen LogP contribution in [0.15, 0.2) is 23.0 Å². The van der Waals surface area contributed by atoms with Gasteiger partial charge in [0, 0.05) is 30.4 Å². The van der Waals surface area contributed by atoms with Gasteiger partial charge in [-0.1, -0.05) is 22.9 Å². The van der Waals surface area contributed by atoms with E-state index in [2.05, 4.69) is 15.3 Å². The number of amides is 1. The zero-order chi connectivity index (χ0) is 19.6. The maximum Gasteiger partial charge on any atom is 0.347 e. The van der Waals surface area contributed by atoms with E-state index in [0.717, 1.165) is 10.4 Å². The van der Waals surface area contributed by atoms with Crippen molar-refractivity contribution in [2.24, 2.45) is 0 Å². The molecule has 7 nitrogen and oxygen atoms in total. The second-order valence-corrected chi connectivity index (χ2v) is 7.54. The molecule has 0 radical (unpaired) electrons. The first-order valence-corrected chi connectivity index (χ1v) is 9.56. The van der Waals surface area contributed by atoms with Gasteiger partial charge in [0.15, 0.2) is 5.13 Å². The van der Waals surface area contributed by atoms with Gasteiger partial charge in [-0.2, -0.15) is 4.98 Å². The van der Waals surface area contributed by atoms with Gasteiger partial charge in [-0.15, -0.1) is 0 Å². The van der Waals surface area contributed by atoms with E-state index in [4.69, 9.17) is 16.3 Å². The predicted molar refractivity (Wildman–Crippen MR) is 107 cm³/mol. The molecule has 0 aliphatic carbocycles. The van der Waals surface area contributed by atoms with Crippen LogP contribution in [0.1, 0.15) is 24.2 Å². The maximum absolute atomic E-state index is 12.2. The Labute approximate surface area is 165 Å². The molecule has 2 aromatic heterocycles. The van der Waals surface area contributed by atoms with Crippen molar-refractivity contribution in [1.29, 1.82) is 0 Å². The van der Waals surface area contributed by atoms with E-state index in [-0.39, 0.29) is 18.0 Å². The van der Waals surface area contributed by atoms with Crippen LogP contribution in [0.5, 0.6) is 5.75 Å². The van der Waals surface area contributed by atoms with Crippen LogP contribution in [0, 0.1) is 13.8 Å². The molecule has 3 aromatic rings. The Balaban J connectivity index is 1.61. The number of halogens is 1. The molecular weight excluding hydrogens is 388 g/mol. The summed E-state index contributed by atoms with van der Waals surface area (Å²) >= 11 is 7.45. The van der Waals surface area contributed by atoms with Gasteiger partial charge in [0.1, 0.15) is 5.75 Å². The Morgan fingerprint density at radius 1 is 1.30 bits per heavy atom. The van der Waals surface area contributed by atoms with Crippen molar-refractivity contribution in [2.75, 3.05) is 12.4 Å². The number of nitrogens with zero attached hydrogens (tertiary/aromatic N) is 3. The summed E-state index contributed by atoms with van der Waals surface area (Å²) in [6.07, 6.45) is 0.807. The van der Waals surface area contributed by atoms with Gasteiger partial charge in [0.25, 0.3) is 0 Å². The third-order valence-electron chi connectivity index (χ3n) is 4.04. The van der Waals surface area contributed by atoms with Crippen molar-refractivity contribution in [3.05, 3.63) is 45.1 Å². The molecule has 0 spiro atoms. The average Bonchev–Trinajstić information content (AvgIpc) is 2.97. The van der Waals surface area contributed by atoms with Gasteiger partial charge < -0.3 is 10.1 Å². The molecule has 0 atom stereocenters. The molecule has 27 heavy (non-hydrogen) atoms. The van der Waals surface area contributed by atoms with Gasteiger partial charge in [-0.05, 0) is 32.4 Å². The Hall–Kier alpha value is -2.45. The number of nitrogens with one attached hydrogen (secondary N) is 1. The fraction of sp³-hybridized carbons (Fsp3) is 0.333. The summed E-state index contributed by atoms with van der Waals surface area (Å²) in [5.74, 6) is 0.413. The van der Waals surface area contributed by atoms with Crippen LogP contribution in [0.3, 0.4) is 0 Å². The molecule has 142 valence electrons. The number of hydrogen-bond donors (Lipinski definition) is 1. The van der Waals surface area contributed by atoms with E-state index < -0.39 is 0 Å². The van der Waals surface area contributed by atoms with E-state index in [0.29, 0.717) is 40.1 Å². The zero-order valence-electron chi connectivity index (χ0n) is 15.2. The van der Waals surface area contributed by atoms with Gasteiger partial charge in [-0.25, -0.2) is 9.78 Å². The van der Waals surface area contributed by atoms with E-state index in [9.17, 15) is 9.59 Å². The SMILES string of the molecule is COc1cc2sc(NC(=O)CCCn3c(C)cc(C)nc3=O)nc2cc1Cl. The smallest absolute Gasteiger partial charge is 0.347 e. The minimum absolute atomic E-state index is 0.155. The highest BCUT2D eigenvalue weighted by Crippen LogP contribution is 2.34. The molecule has 0 aliphatic rings. The lowest BCUT2D eigenvalue weighted by Crippen LogP contribution is -2.26. The summed E-state index contributed by atoms with van der Waals surface area (Å²) in [6, 6.07) is 5.36. The van der Waals surface area contributed by atoms with Crippen LogP contribution in [-0.4, -0.2) is 27.6 Å². The fourth-order valence-electron chi connectivity index (χ4n) is 2.77. The second kappa shape index (κ2) is 8.06. The van der Waals surface area contributed by atoms with Crippen LogP contribution >= 0.6 is 22.9 Å². The monoisotopic (exact) mass is 406 g/mol. The Kier molecular flexibility index (Phi) is 5.76. The average molecular weight is 407 g/mol. The lowest BCUT2D eigenvalue weighted by molar-refractivity contribution is -0.116. The quantitative estimate of drug-likeness (QED) is 0.676. The highest BCUT2D eigenvalue weighted by molar-refractivity contribution is 7.22. The van der Waals surface area contributed by atoms with Gasteiger partial charge in [0.2, 0.25) is 5.91 Å². The molecule has 0 bridgehead atoms. The normalized spacial score (nSPS) is 11.0. The molecule has 0 saturated carbocycles. The van der Waals surface area contributed by atoms with E-state index >= 15 is 0 Å². The molecule has 0 aliphatic heterocycles. The van der Waals surface area contributed by atoms with Crippen LogP contribution in [0.25, 0.3) is 10.2 Å². The highest BCUT2D eigenvalue weighted by atomic mass is 35.5. The van der Waals surface area contributed by atoms with Crippen molar-refractivity contribution < 1.29 is 9.53 Å². The number of ether oxygens (including phenoxy) is 1. The van der Waals surface area contributed by atoms with Crippen LogP contribution in [-0.2, 0) is 11.3 Å². The number of carbonyl (C=O) groups excluding carboxylic acids is 1. The molecule has 0 fully saturated rings. The first kappa shape index (κ1) is 19.3. The first-order valence-electron chi connectivity index (χ1n) is 8.36. The summed E-state index contributed by atoms with van der Waals surface area (Å²) in [5.41, 5.74) is 1.95. The van der Waals surface area contributed by atoms with Crippen molar-refractivity contribution in [3.8, 4) is 5.75 Å². The number of carbonyl (C=O) groups is 1. The number of rotatable bonds is 6. The molecule has 3 rings (SSSR count). The second-order valence-electron chi connectivity index (χ2n) is 6.10. The standard InChI is InChI=1S/C18H19ClN4O3S/c1-10-7-11(2)23(18(25)20-10)6-4-5-16(24)22-17-21-13-8-12(19)14(26-3)9-15(13)27-17/h7-9H,4-6H2,1-3H3,(H,21,22,24). The van der Waals surface area contributed by atoms with Crippen molar-refractivity contribution in [1.82, 2.24) is 14.5 Å². The lowest BCUT2D eigenvalue weighted by atomic mass is 10.2. The molecule has 1 aromatic carbocycles. The number of benzene rings is 1. The molecule has 9 heteroatoms. The van der Waals surface area contributed by atoms with Gasteiger partial charge >= 0.3 is 5.69 Å². The number of aromatic nitrogens is 3. The number of hydrogen-bond acceptors (Lipinski definition) is 6. The van der Waals surface area contributed by atoms with Gasteiger partial charge in [-0.3, -0.25) is 9.36 Å². The molecule has 1 N–H and O–H groups in total. The Morgan fingerprint density at radius 2 is 2.07 bits per heavy atom. The summed E-state index contributed by atoms with van der Waals surface area (Å²) < 4.78 is 7.64. The lowest BCUT2D eigenvalue weighted by Gasteiger charge is -2.09.